The summed E-state index contributed by atoms with van der Waals surface area (Å²) in [7, 11) is 1.34. The normalized spacial score (nSPS) is 15.5. The second kappa shape index (κ2) is 10.9. The molecule has 7 nitrogen and oxygen atoms in total. The van der Waals surface area contributed by atoms with E-state index >= 15 is 0 Å². The molecule has 0 N–H and O–H groups in total. The number of carbonyl (C=O) groups excluding carboxylic acids is 1. The highest BCUT2D eigenvalue weighted by atomic mass is 79.9. The van der Waals surface area contributed by atoms with Crippen LogP contribution in [0.25, 0.3) is 17.0 Å². The van der Waals surface area contributed by atoms with Crippen LogP contribution in [0.5, 0.6) is 5.75 Å². The first kappa shape index (κ1) is 28.1. The molecule has 0 unspecified atom stereocenters. The second-order valence-electron chi connectivity index (χ2n) is 10.1. The van der Waals surface area contributed by atoms with Crippen LogP contribution in [-0.2, 0) is 16.1 Å². The van der Waals surface area contributed by atoms with Crippen molar-refractivity contribution in [3.63, 3.8) is 0 Å². The molecule has 1 atom stereocenters. The molecular formula is C31H32BrN3O4S. The van der Waals surface area contributed by atoms with Gasteiger partial charge in [0.2, 0.25) is 0 Å². The van der Waals surface area contributed by atoms with Crippen LogP contribution in [0, 0.1) is 13.8 Å². The van der Waals surface area contributed by atoms with E-state index in [0.29, 0.717) is 31.9 Å². The lowest BCUT2D eigenvalue weighted by atomic mass is 9.95. The van der Waals surface area contributed by atoms with Crippen molar-refractivity contribution in [2.45, 2.75) is 60.2 Å². The number of fused-ring (bicyclic) bond motifs is 2. The Morgan fingerprint density at radius 2 is 1.95 bits per heavy atom. The highest BCUT2D eigenvalue weighted by Gasteiger charge is 2.35. The van der Waals surface area contributed by atoms with Crippen molar-refractivity contribution in [1.29, 1.82) is 0 Å². The van der Waals surface area contributed by atoms with E-state index < -0.39 is 12.0 Å². The van der Waals surface area contributed by atoms with Crippen molar-refractivity contribution in [1.82, 2.24) is 9.13 Å². The second-order valence-corrected chi connectivity index (χ2v) is 12.1. The van der Waals surface area contributed by atoms with E-state index in [1.54, 1.807) is 11.5 Å². The van der Waals surface area contributed by atoms with Gasteiger partial charge < -0.3 is 14.0 Å². The Kier molecular flexibility index (Phi) is 7.63. The van der Waals surface area contributed by atoms with E-state index in [4.69, 9.17) is 14.5 Å². The number of para-hydroxylation sites is 1. The molecule has 4 aromatic rings. The number of esters is 1. The molecule has 0 spiro atoms. The van der Waals surface area contributed by atoms with E-state index in [0.717, 1.165) is 27.7 Å². The number of rotatable bonds is 6. The molecule has 0 saturated carbocycles. The number of aryl methyl sites for hydroxylation is 2. The van der Waals surface area contributed by atoms with Crippen LogP contribution >= 0.6 is 27.3 Å². The third-order valence-corrected chi connectivity index (χ3v) is 8.72. The van der Waals surface area contributed by atoms with E-state index in [2.05, 4.69) is 53.4 Å². The first-order valence-electron chi connectivity index (χ1n) is 13.2. The van der Waals surface area contributed by atoms with E-state index in [-0.39, 0.29) is 11.7 Å². The van der Waals surface area contributed by atoms with Crippen LogP contribution in [-0.4, -0.2) is 28.3 Å². The molecule has 1 aliphatic heterocycles. The summed E-state index contributed by atoms with van der Waals surface area (Å²) >= 11 is 4.89. The summed E-state index contributed by atoms with van der Waals surface area (Å²) in [4.78, 5) is 32.6. The fourth-order valence-corrected chi connectivity index (χ4v) is 6.94. The Morgan fingerprint density at radius 3 is 2.62 bits per heavy atom. The Morgan fingerprint density at radius 1 is 1.20 bits per heavy atom. The highest BCUT2D eigenvalue weighted by molar-refractivity contribution is 9.10. The number of aromatic nitrogens is 2. The number of benzene rings is 2. The third-order valence-electron chi connectivity index (χ3n) is 7.24. The van der Waals surface area contributed by atoms with Gasteiger partial charge in [-0.25, -0.2) is 9.79 Å². The molecule has 40 heavy (non-hydrogen) atoms. The zero-order valence-corrected chi connectivity index (χ0v) is 26.1. The molecule has 0 bridgehead atoms. The molecule has 1 aliphatic rings. The first-order chi connectivity index (χ1) is 19.1. The number of ether oxygens (including phenoxy) is 2. The number of hydrogen-bond donors (Lipinski definition) is 0. The molecule has 0 radical (unpaired) electrons. The molecule has 3 heterocycles. The summed E-state index contributed by atoms with van der Waals surface area (Å²) in [5.41, 5.74) is 5.75. The minimum atomic E-state index is -0.766. The number of nitrogens with zero attached hydrogens (tertiary/aromatic N) is 3. The third kappa shape index (κ3) is 4.65. The zero-order chi connectivity index (χ0) is 28.9. The summed E-state index contributed by atoms with van der Waals surface area (Å²) in [5.74, 6) is 0.0551. The van der Waals surface area contributed by atoms with Crippen molar-refractivity contribution in [2.75, 3.05) is 7.11 Å². The summed E-state index contributed by atoms with van der Waals surface area (Å²) in [5, 5.41) is 1.10. The maximum absolute atomic E-state index is 14.2. The van der Waals surface area contributed by atoms with E-state index in [1.807, 2.05) is 44.2 Å². The van der Waals surface area contributed by atoms with Crippen molar-refractivity contribution < 1.29 is 14.3 Å². The Bertz CT molecular complexity index is 1880. The van der Waals surface area contributed by atoms with Crippen LogP contribution in [0.15, 0.2) is 61.9 Å². The maximum atomic E-state index is 14.2. The fraction of sp³-hybridized carbons (Fsp3) is 0.323. The molecule has 0 fully saturated rings. The van der Waals surface area contributed by atoms with Crippen molar-refractivity contribution in [2.24, 2.45) is 4.99 Å². The number of carbonyl (C=O) groups is 1. The van der Waals surface area contributed by atoms with Gasteiger partial charge in [0, 0.05) is 33.2 Å². The molecule has 5 rings (SSSR count). The SMILES string of the molecule is CCn1c(C)c(/C=c2\sc3n(c2=O)[C@@H](c2cc(Br)ccc2OC(C)C)C(C(=O)OC)=C(C)N=3)c2cccc(C)c21. The Labute approximate surface area is 245 Å². The largest absolute Gasteiger partial charge is 0.491 e. The van der Waals surface area contributed by atoms with Gasteiger partial charge >= 0.3 is 5.97 Å². The standard InChI is InChI=1S/C31H32BrN3O4S/c1-8-34-19(6)22(21-11-9-10-17(4)27(21)34)15-25-29(36)35-28(23-14-20(32)12-13-24(23)39-16(2)3)26(30(37)38-7)18(5)33-31(35)40-25/h9-16,28H,8H2,1-7H3/b25-15-/t28-/m0/s1. The van der Waals surface area contributed by atoms with Gasteiger partial charge in [0.1, 0.15) is 11.8 Å². The predicted molar refractivity (Wildman–Crippen MR) is 163 cm³/mol. The van der Waals surface area contributed by atoms with Crippen molar-refractivity contribution >= 4 is 50.2 Å². The van der Waals surface area contributed by atoms with Crippen molar-refractivity contribution in [3.05, 3.63) is 94.2 Å². The molecule has 208 valence electrons. The Balaban J connectivity index is 1.82. The van der Waals surface area contributed by atoms with Crippen molar-refractivity contribution in [3.8, 4) is 5.75 Å². The van der Waals surface area contributed by atoms with E-state index in [9.17, 15) is 9.59 Å². The van der Waals surface area contributed by atoms with Gasteiger partial charge in [-0.15, -0.1) is 0 Å². The molecular weight excluding hydrogens is 590 g/mol. The minimum absolute atomic E-state index is 0.107. The number of halogens is 1. The van der Waals surface area contributed by atoms with Gasteiger partial charge in [0.25, 0.3) is 5.56 Å². The molecule has 0 saturated heterocycles. The summed E-state index contributed by atoms with van der Waals surface area (Å²) in [6.07, 6.45) is 1.86. The summed E-state index contributed by atoms with van der Waals surface area (Å²) < 4.78 is 16.6. The van der Waals surface area contributed by atoms with Crippen LogP contribution in [0.3, 0.4) is 0 Å². The minimum Gasteiger partial charge on any atom is -0.491 e. The monoisotopic (exact) mass is 621 g/mol. The van der Waals surface area contributed by atoms with Gasteiger partial charge in [0.15, 0.2) is 4.80 Å². The van der Waals surface area contributed by atoms with E-state index in [1.165, 1.54) is 29.5 Å². The Hall–Kier alpha value is -3.43. The average molecular weight is 623 g/mol. The highest BCUT2D eigenvalue weighted by Crippen LogP contribution is 2.38. The number of methoxy groups -OCH3 is 1. The van der Waals surface area contributed by atoms with Gasteiger partial charge in [-0.05, 0) is 71.4 Å². The lowest BCUT2D eigenvalue weighted by Gasteiger charge is -2.26. The summed E-state index contributed by atoms with van der Waals surface area (Å²) in [6.45, 7) is 12.8. The molecule has 0 aliphatic carbocycles. The molecule has 0 amide bonds. The first-order valence-corrected chi connectivity index (χ1v) is 14.8. The average Bonchev–Trinajstić information content (AvgIpc) is 3.37. The fourth-order valence-electron chi connectivity index (χ4n) is 5.53. The number of hydrogen-bond acceptors (Lipinski definition) is 6. The van der Waals surface area contributed by atoms with Gasteiger partial charge in [-0.3, -0.25) is 9.36 Å². The quantitative estimate of drug-likeness (QED) is 0.265. The number of thiazole rings is 1. The van der Waals surface area contributed by atoms with Gasteiger partial charge in [0.05, 0.1) is 34.5 Å². The van der Waals surface area contributed by atoms with Gasteiger partial charge in [-0.1, -0.05) is 45.5 Å². The topological polar surface area (TPSA) is 74.8 Å². The number of allylic oxidation sites excluding steroid dienone is 1. The molecule has 2 aromatic carbocycles. The predicted octanol–water partition coefficient (Wildman–Crippen LogP) is 5.55. The lowest BCUT2D eigenvalue weighted by Crippen LogP contribution is -2.40. The van der Waals surface area contributed by atoms with Crippen LogP contribution in [0.1, 0.15) is 56.1 Å². The van der Waals surface area contributed by atoms with Crippen LogP contribution in [0.4, 0.5) is 0 Å². The van der Waals surface area contributed by atoms with Crippen LogP contribution < -0.4 is 19.6 Å². The van der Waals surface area contributed by atoms with Gasteiger partial charge in [-0.2, -0.15) is 0 Å². The zero-order valence-electron chi connectivity index (χ0n) is 23.7. The summed E-state index contributed by atoms with van der Waals surface area (Å²) in [6, 6.07) is 11.1. The van der Waals surface area contributed by atoms with Crippen LogP contribution in [0.2, 0.25) is 0 Å². The lowest BCUT2D eigenvalue weighted by molar-refractivity contribution is -0.136. The maximum Gasteiger partial charge on any atom is 0.338 e. The smallest absolute Gasteiger partial charge is 0.338 e. The molecule has 9 heteroatoms. The molecule has 2 aromatic heterocycles.